The molecule has 1 aromatic heterocycles. The summed E-state index contributed by atoms with van der Waals surface area (Å²) in [7, 11) is 0. The minimum atomic E-state index is -0.802. The zero-order chi connectivity index (χ0) is 26.6. The fourth-order valence-corrected chi connectivity index (χ4v) is 7.27. The lowest BCUT2D eigenvalue weighted by Crippen LogP contribution is -2.45. The van der Waals surface area contributed by atoms with E-state index in [-0.39, 0.29) is 11.6 Å². The molecule has 39 heavy (non-hydrogen) atoms. The first-order valence-corrected chi connectivity index (χ1v) is 14.3. The molecule has 5 aliphatic heterocycles. The third kappa shape index (κ3) is 4.45. The third-order valence-electron chi connectivity index (χ3n) is 9.32. The van der Waals surface area contributed by atoms with E-state index in [1.165, 1.54) is 0 Å². The number of ether oxygens (including phenoxy) is 4. The fourth-order valence-electron chi connectivity index (χ4n) is 7.27. The van der Waals surface area contributed by atoms with E-state index in [0.29, 0.717) is 57.5 Å². The monoisotopic (exact) mass is 539 g/mol. The van der Waals surface area contributed by atoms with E-state index in [0.717, 1.165) is 73.7 Å². The van der Waals surface area contributed by atoms with Gasteiger partial charge in [-0.1, -0.05) is 6.07 Å². The molecular formula is C29H38FN5O4. The number of rotatable bonds is 4. The highest BCUT2D eigenvalue weighted by Gasteiger charge is 2.50. The summed E-state index contributed by atoms with van der Waals surface area (Å²) < 4.78 is 39.4. The number of halogens is 1. The Balaban J connectivity index is 1.25. The highest BCUT2D eigenvalue weighted by atomic mass is 19.1. The van der Waals surface area contributed by atoms with Crippen LogP contribution in [0.25, 0.3) is 0 Å². The summed E-state index contributed by atoms with van der Waals surface area (Å²) in [4.78, 5) is 14.4. The number of nitrogens with zero attached hydrogens (tertiary/aromatic N) is 4. The number of nitrogen functional groups attached to an aromatic ring is 1. The molecule has 1 spiro atoms. The van der Waals surface area contributed by atoms with E-state index in [1.807, 2.05) is 18.2 Å². The van der Waals surface area contributed by atoms with E-state index < -0.39 is 11.8 Å². The highest BCUT2D eigenvalue weighted by molar-refractivity contribution is 5.54. The van der Waals surface area contributed by atoms with Crippen LogP contribution in [0.5, 0.6) is 6.01 Å². The fraction of sp³-hybridized carbons (Fsp3) is 0.655. The molecule has 7 rings (SSSR count). The Morgan fingerprint density at radius 1 is 1.18 bits per heavy atom. The van der Waals surface area contributed by atoms with Crippen molar-refractivity contribution in [3.8, 4) is 6.01 Å². The Kier molecular flexibility index (Phi) is 6.41. The van der Waals surface area contributed by atoms with Crippen LogP contribution in [0.4, 0.5) is 15.9 Å². The second-order valence-electron chi connectivity index (χ2n) is 11.8. The van der Waals surface area contributed by atoms with Gasteiger partial charge in [0.1, 0.15) is 24.2 Å². The summed E-state index contributed by atoms with van der Waals surface area (Å²) in [6, 6.07) is 6.33. The molecule has 0 unspecified atom stereocenters. The van der Waals surface area contributed by atoms with Crippen molar-refractivity contribution in [3.05, 3.63) is 40.6 Å². The standard InChI is InChI=1S/C29H38FN5O4/c1-19-22-5-4-21(31)12-24(22)29(18-37-19)14-25-23(16-39-29)26(34-7-3-10-36-11-9-34)33-27(32-25)38-17-28-6-2-8-35(28)15-20(30)13-28/h4-5,12,19-20H,2-3,6-11,13-18,31H2,1H3/t19-,20+,28-,29+/m0/s1. The minimum absolute atomic E-state index is 0.0347. The van der Waals surface area contributed by atoms with Gasteiger partial charge in [0.05, 0.1) is 37.2 Å². The van der Waals surface area contributed by atoms with Crippen molar-refractivity contribution in [1.29, 1.82) is 0 Å². The Hall–Kier alpha value is -2.53. The lowest BCUT2D eigenvalue weighted by molar-refractivity contribution is -0.148. The second-order valence-corrected chi connectivity index (χ2v) is 11.8. The smallest absolute Gasteiger partial charge is 0.318 e. The number of hydrogen-bond acceptors (Lipinski definition) is 9. The molecule has 0 amide bonds. The van der Waals surface area contributed by atoms with Gasteiger partial charge in [0.15, 0.2) is 0 Å². The average Bonchev–Trinajstić information content (AvgIpc) is 3.31. The van der Waals surface area contributed by atoms with Crippen LogP contribution in [0.15, 0.2) is 18.2 Å². The summed E-state index contributed by atoms with van der Waals surface area (Å²) >= 11 is 0. The largest absolute Gasteiger partial charge is 0.461 e. The Morgan fingerprint density at radius 3 is 3.03 bits per heavy atom. The Morgan fingerprint density at radius 2 is 2.10 bits per heavy atom. The molecule has 0 bridgehead atoms. The van der Waals surface area contributed by atoms with E-state index in [2.05, 4.69) is 16.7 Å². The maximum atomic E-state index is 14.4. The van der Waals surface area contributed by atoms with Crippen molar-refractivity contribution in [1.82, 2.24) is 14.9 Å². The summed E-state index contributed by atoms with van der Waals surface area (Å²) in [6.07, 6.45) is 3.15. The zero-order valence-corrected chi connectivity index (χ0v) is 22.7. The summed E-state index contributed by atoms with van der Waals surface area (Å²) in [5.74, 6) is 0.851. The van der Waals surface area contributed by atoms with Crippen LogP contribution in [0.1, 0.15) is 61.1 Å². The molecular weight excluding hydrogens is 501 g/mol. The van der Waals surface area contributed by atoms with Crippen LogP contribution >= 0.6 is 0 Å². The first kappa shape index (κ1) is 25.4. The van der Waals surface area contributed by atoms with Crippen LogP contribution in [0, 0.1) is 0 Å². The minimum Gasteiger partial charge on any atom is -0.461 e. The molecule has 5 aliphatic rings. The number of fused-ring (bicyclic) bond motifs is 4. The molecule has 0 radical (unpaired) electrons. The summed E-state index contributed by atoms with van der Waals surface area (Å²) in [6.45, 7) is 7.65. The van der Waals surface area contributed by atoms with Crippen molar-refractivity contribution < 1.29 is 23.3 Å². The number of nitrogens with two attached hydrogens (primary N) is 1. The Bertz CT molecular complexity index is 1240. The van der Waals surface area contributed by atoms with Crippen molar-refractivity contribution in [3.63, 3.8) is 0 Å². The van der Waals surface area contributed by atoms with Crippen LogP contribution in [-0.2, 0) is 32.8 Å². The molecule has 3 saturated heterocycles. The number of aromatic nitrogens is 2. The van der Waals surface area contributed by atoms with Gasteiger partial charge >= 0.3 is 6.01 Å². The van der Waals surface area contributed by atoms with Crippen LogP contribution < -0.4 is 15.4 Å². The first-order valence-electron chi connectivity index (χ1n) is 14.3. The van der Waals surface area contributed by atoms with Gasteiger partial charge in [-0.25, -0.2) is 4.39 Å². The molecule has 10 heteroatoms. The average molecular weight is 540 g/mol. The van der Waals surface area contributed by atoms with Crippen LogP contribution in [-0.4, -0.2) is 79.2 Å². The molecule has 3 fully saturated rings. The predicted molar refractivity (Wildman–Crippen MR) is 144 cm³/mol. The number of benzene rings is 1. The summed E-state index contributed by atoms with van der Waals surface area (Å²) in [5.41, 5.74) is 10.1. The molecule has 2 aromatic rings. The van der Waals surface area contributed by atoms with Gasteiger partial charge in [0, 0.05) is 50.3 Å². The van der Waals surface area contributed by atoms with Crippen molar-refractivity contribution in [2.45, 2.75) is 69.1 Å². The molecule has 1 aromatic carbocycles. The molecule has 4 atom stereocenters. The maximum Gasteiger partial charge on any atom is 0.318 e. The quantitative estimate of drug-likeness (QED) is 0.587. The van der Waals surface area contributed by atoms with Crippen molar-refractivity contribution in [2.75, 3.05) is 63.2 Å². The highest BCUT2D eigenvalue weighted by Crippen LogP contribution is 2.46. The normalized spacial score (nSPS) is 32.5. The van der Waals surface area contributed by atoms with Crippen LogP contribution in [0.2, 0.25) is 0 Å². The third-order valence-corrected chi connectivity index (χ3v) is 9.32. The molecule has 6 heterocycles. The number of alkyl halides is 1. The summed E-state index contributed by atoms with van der Waals surface area (Å²) in [5, 5.41) is 0. The van der Waals surface area contributed by atoms with Crippen molar-refractivity contribution in [2.24, 2.45) is 0 Å². The molecule has 0 saturated carbocycles. The van der Waals surface area contributed by atoms with E-state index in [4.69, 9.17) is 34.6 Å². The van der Waals surface area contributed by atoms with Gasteiger partial charge < -0.3 is 29.6 Å². The lowest BCUT2D eigenvalue weighted by atomic mass is 9.80. The van der Waals surface area contributed by atoms with Gasteiger partial charge in [0.2, 0.25) is 0 Å². The van der Waals surface area contributed by atoms with Crippen LogP contribution in [0.3, 0.4) is 0 Å². The van der Waals surface area contributed by atoms with Gasteiger partial charge in [-0.15, -0.1) is 0 Å². The van der Waals surface area contributed by atoms with E-state index in [1.54, 1.807) is 0 Å². The Labute approximate surface area is 228 Å². The van der Waals surface area contributed by atoms with E-state index in [9.17, 15) is 4.39 Å². The maximum absolute atomic E-state index is 14.4. The first-order chi connectivity index (χ1) is 18.9. The van der Waals surface area contributed by atoms with Gasteiger partial charge in [-0.3, -0.25) is 4.90 Å². The lowest BCUT2D eigenvalue weighted by Gasteiger charge is -2.44. The molecule has 2 N–H and O–H groups in total. The van der Waals surface area contributed by atoms with Gasteiger partial charge in [-0.2, -0.15) is 9.97 Å². The molecule has 210 valence electrons. The van der Waals surface area contributed by atoms with Gasteiger partial charge in [-0.05, 0) is 56.0 Å². The zero-order valence-electron chi connectivity index (χ0n) is 22.7. The molecule has 0 aliphatic carbocycles. The predicted octanol–water partition coefficient (Wildman–Crippen LogP) is 3.30. The van der Waals surface area contributed by atoms with Gasteiger partial charge in [0.25, 0.3) is 0 Å². The molecule has 9 nitrogen and oxygen atoms in total. The number of anilines is 2. The number of hydrogen-bond donors (Lipinski definition) is 1. The second kappa shape index (κ2) is 9.83. The topological polar surface area (TPSA) is 95.2 Å². The SMILES string of the molecule is C[C@@H]1OC[C@]2(Cc3nc(OC[C@@]45CCCN4C[C@H](F)C5)nc(N4CCCOCC4)c3CO2)c2cc(N)ccc21. The van der Waals surface area contributed by atoms with Crippen molar-refractivity contribution >= 4 is 11.5 Å². The van der Waals surface area contributed by atoms with E-state index >= 15 is 0 Å².